The lowest BCUT2D eigenvalue weighted by molar-refractivity contribution is -0.143. The maximum atomic E-state index is 13.7. The van der Waals surface area contributed by atoms with Crippen molar-refractivity contribution in [3.63, 3.8) is 0 Å². The predicted octanol–water partition coefficient (Wildman–Crippen LogP) is 6.21. The molecule has 1 aliphatic carbocycles. The van der Waals surface area contributed by atoms with Gasteiger partial charge in [0.25, 0.3) is 5.91 Å². The molecule has 1 N–H and O–H groups in total. The summed E-state index contributed by atoms with van der Waals surface area (Å²) in [5.74, 6) is -0.697. The van der Waals surface area contributed by atoms with E-state index in [-0.39, 0.29) is 25.1 Å². The number of benzene rings is 3. The summed E-state index contributed by atoms with van der Waals surface area (Å²) >= 11 is 12.9. The third-order valence-corrected chi connectivity index (χ3v) is 7.25. The average molecular weight is 543 g/mol. The summed E-state index contributed by atoms with van der Waals surface area (Å²) in [5, 5.41) is 3.95. The summed E-state index contributed by atoms with van der Waals surface area (Å²) in [6.45, 7) is -0.310. The van der Waals surface area contributed by atoms with Crippen LogP contribution in [-0.2, 0) is 22.6 Å². The molecule has 1 fully saturated rings. The highest BCUT2D eigenvalue weighted by atomic mass is 35.5. The van der Waals surface area contributed by atoms with Gasteiger partial charge in [0.1, 0.15) is 17.6 Å². The van der Waals surface area contributed by atoms with Crippen LogP contribution in [0.2, 0.25) is 10.0 Å². The number of nitrogens with zero attached hydrogens (tertiary/aromatic N) is 1. The number of hydrogen-bond acceptors (Lipinski definition) is 3. The molecular formula is C29H29Cl2FN2O3. The maximum Gasteiger partial charge on any atom is 0.261 e. The van der Waals surface area contributed by atoms with E-state index in [2.05, 4.69) is 5.32 Å². The Morgan fingerprint density at radius 3 is 2.24 bits per heavy atom. The Hall–Kier alpha value is -3.09. The molecule has 2 amide bonds. The molecule has 0 aliphatic heterocycles. The largest absolute Gasteiger partial charge is 0.484 e. The fourth-order valence-electron chi connectivity index (χ4n) is 4.53. The molecule has 194 valence electrons. The van der Waals surface area contributed by atoms with E-state index in [4.69, 9.17) is 27.9 Å². The van der Waals surface area contributed by atoms with Gasteiger partial charge in [-0.15, -0.1) is 0 Å². The number of carbonyl (C=O) groups is 2. The molecule has 4 rings (SSSR count). The van der Waals surface area contributed by atoms with Crippen molar-refractivity contribution in [1.29, 1.82) is 0 Å². The first-order chi connectivity index (χ1) is 17.9. The van der Waals surface area contributed by atoms with E-state index in [0.717, 1.165) is 31.2 Å². The number of nitrogens with one attached hydrogen (secondary N) is 1. The zero-order valence-electron chi connectivity index (χ0n) is 20.3. The van der Waals surface area contributed by atoms with E-state index >= 15 is 0 Å². The number of amides is 2. The molecule has 3 aromatic rings. The quantitative estimate of drug-likeness (QED) is 0.331. The Balaban J connectivity index is 1.64. The third kappa shape index (κ3) is 7.46. The van der Waals surface area contributed by atoms with Gasteiger partial charge in [-0.1, -0.05) is 72.4 Å². The van der Waals surface area contributed by atoms with Gasteiger partial charge in [0.2, 0.25) is 5.91 Å². The fourth-order valence-corrected chi connectivity index (χ4v) is 5.05. The number of halogens is 3. The lowest BCUT2D eigenvalue weighted by Gasteiger charge is -2.32. The monoisotopic (exact) mass is 542 g/mol. The molecule has 0 unspecified atom stereocenters. The number of ether oxygens (including phenoxy) is 1. The standard InChI is InChI=1S/C29H29Cl2FN2O3/c30-25-11-6-12-26(31)24(25)18-34(28(35)19-37-23-15-13-21(32)14-16-23)27(17-20-7-2-1-3-8-20)29(36)33-22-9-4-5-10-22/h1-3,6-8,11-16,22,27H,4-5,9-10,17-19H2,(H,33,36)/t27-/m0/s1. The van der Waals surface area contributed by atoms with Gasteiger partial charge in [-0.3, -0.25) is 9.59 Å². The molecule has 0 bridgehead atoms. The van der Waals surface area contributed by atoms with Gasteiger partial charge in [0.05, 0.1) is 0 Å². The average Bonchev–Trinajstić information content (AvgIpc) is 3.40. The Bertz CT molecular complexity index is 1180. The van der Waals surface area contributed by atoms with Gasteiger partial charge in [-0.25, -0.2) is 4.39 Å². The first-order valence-corrected chi connectivity index (χ1v) is 13.1. The van der Waals surface area contributed by atoms with Crippen molar-refractivity contribution in [2.24, 2.45) is 0 Å². The summed E-state index contributed by atoms with van der Waals surface area (Å²) in [6, 6.07) is 19.4. The smallest absolute Gasteiger partial charge is 0.261 e. The maximum absolute atomic E-state index is 13.7. The van der Waals surface area contributed by atoms with E-state index < -0.39 is 17.8 Å². The first-order valence-electron chi connectivity index (χ1n) is 12.4. The van der Waals surface area contributed by atoms with Crippen molar-refractivity contribution in [3.8, 4) is 5.75 Å². The molecule has 8 heteroatoms. The second-order valence-electron chi connectivity index (χ2n) is 9.16. The van der Waals surface area contributed by atoms with Crippen LogP contribution in [-0.4, -0.2) is 35.4 Å². The van der Waals surface area contributed by atoms with Crippen molar-refractivity contribution in [2.75, 3.05) is 6.61 Å². The molecule has 0 saturated heterocycles. The van der Waals surface area contributed by atoms with E-state index in [9.17, 15) is 14.0 Å². The van der Waals surface area contributed by atoms with E-state index in [0.29, 0.717) is 27.8 Å². The Kier molecular flexibility index (Phi) is 9.42. The number of hydrogen-bond donors (Lipinski definition) is 1. The Morgan fingerprint density at radius 1 is 0.946 bits per heavy atom. The Labute approximate surface area is 226 Å². The van der Waals surface area contributed by atoms with Crippen molar-refractivity contribution in [1.82, 2.24) is 10.2 Å². The van der Waals surface area contributed by atoms with E-state index in [1.54, 1.807) is 18.2 Å². The summed E-state index contributed by atoms with van der Waals surface area (Å²) in [4.78, 5) is 28.8. The third-order valence-electron chi connectivity index (χ3n) is 6.54. The van der Waals surface area contributed by atoms with Gasteiger partial charge in [0.15, 0.2) is 6.61 Å². The molecular weight excluding hydrogens is 514 g/mol. The zero-order valence-corrected chi connectivity index (χ0v) is 21.9. The molecule has 1 atom stereocenters. The van der Waals surface area contributed by atoms with Crippen LogP contribution >= 0.6 is 23.2 Å². The Morgan fingerprint density at radius 2 is 1.59 bits per heavy atom. The van der Waals surface area contributed by atoms with Crippen LogP contribution < -0.4 is 10.1 Å². The summed E-state index contributed by atoms with van der Waals surface area (Å²) in [5.41, 5.74) is 1.46. The van der Waals surface area contributed by atoms with Crippen molar-refractivity contribution >= 4 is 35.0 Å². The molecule has 3 aromatic carbocycles. The molecule has 0 spiro atoms. The van der Waals surface area contributed by atoms with Crippen LogP contribution in [0.4, 0.5) is 4.39 Å². The summed E-state index contributed by atoms with van der Waals surface area (Å²) in [7, 11) is 0. The fraction of sp³-hybridized carbons (Fsp3) is 0.310. The predicted molar refractivity (Wildman–Crippen MR) is 143 cm³/mol. The highest BCUT2D eigenvalue weighted by molar-refractivity contribution is 6.36. The van der Waals surface area contributed by atoms with Gasteiger partial charge in [-0.2, -0.15) is 0 Å². The highest BCUT2D eigenvalue weighted by Gasteiger charge is 2.33. The molecule has 5 nitrogen and oxygen atoms in total. The van der Waals surface area contributed by atoms with Gasteiger partial charge in [-0.05, 0) is 54.8 Å². The molecule has 0 aromatic heterocycles. The molecule has 1 aliphatic rings. The molecule has 1 saturated carbocycles. The van der Waals surface area contributed by atoms with Crippen molar-refractivity contribution in [3.05, 3.63) is 99.8 Å². The van der Waals surface area contributed by atoms with Gasteiger partial charge < -0.3 is 15.0 Å². The number of carbonyl (C=O) groups excluding carboxylic acids is 2. The van der Waals surface area contributed by atoms with Crippen molar-refractivity contribution in [2.45, 2.75) is 50.7 Å². The summed E-state index contributed by atoms with van der Waals surface area (Å²) < 4.78 is 19.0. The van der Waals surface area contributed by atoms with E-state index in [1.807, 2.05) is 30.3 Å². The first kappa shape index (κ1) is 27.0. The van der Waals surface area contributed by atoms with E-state index in [1.165, 1.54) is 29.2 Å². The summed E-state index contributed by atoms with van der Waals surface area (Å²) in [6.07, 6.45) is 4.28. The van der Waals surface area contributed by atoms with Crippen LogP contribution in [0.25, 0.3) is 0 Å². The lowest BCUT2D eigenvalue weighted by atomic mass is 10.0. The number of rotatable bonds is 10. The normalized spacial score (nSPS) is 14.2. The van der Waals surface area contributed by atoms with Gasteiger partial charge >= 0.3 is 0 Å². The molecule has 37 heavy (non-hydrogen) atoms. The minimum absolute atomic E-state index is 0.0275. The molecule has 0 heterocycles. The SMILES string of the molecule is O=C(NC1CCCC1)[C@H](Cc1ccccc1)N(Cc1c(Cl)cccc1Cl)C(=O)COc1ccc(F)cc1. The van der Waals surface area contributed by atoms with Gasteiger partial charge in [0, 0.05) is 34.6 Å². The van der Waals surface area contributed by atoms with Crippen molar-refractivity contribution < 1.29 is 18.7 Å². The molecule has 0 radical (unpaired) electrons. The lowest BCUT2D eigenvalue weighted by Crippen LogP contribution is -2.53. The minimum atomic E-state index is -0.820. The second-order valence-corrected chi connectivity index (χ2v) is 9.97. The van der Waals surface area contributed by atoms with Crippen LogP contribution in [0.15, 0.2) is 72.8 Å². The topological polar surface area (TPSA) is 58.6 Å². The highest BCUT2D eigenvalue weighted by Crippen LogP contribution is 2.28. The zero-order chi connectivity index (χ0) is 26.2. The van der Waals surface area contributed by atoms with Crippen LogP contribution in [0.1, 0.15) is 36.8 Å². The minimum Gasteiger partial charge on any atom is -0.484 e. The second kappa shape index (κ2) is 12.9. The van der Waals surface area contributed by atoms with Crippen LogP contribution in [0.5, 0.6) is 5.75 Å². The van der Waals surface area contributed by atoms with Crippen LogP contribution in [0.3, 0.4) is 0 Å². The van der Waals surface area contributed by atoms with Crippen LogP contribution in [0, 0.1) is 5.82 Å².